The molecule has 0 aliphatic rings. The predicted octanol–water partition coefficient (Wildman–Crippen LogP) is 4.36. The summed E-state index contributed by atoms with van der Waals surface area (Å²) in [6.07, 6.45) is -2.68. The lowest BCUT2D eigenvalue weighted by molar-refractivity contribution is -0.138. The van der Waals surface area contributed by atoms with Crippen LogP contribution in [0, 0.1) is 0 Å². The molecule has 0 spiro atoms. The molecule has 1 nitrogen and oxygen atoms in total. The molecule has 0 bridgehead atoms. The highest BCUT2D eigenvalue weighted by atomic mass is 35.5. The molecular weight excluding hydrogens is 274 g/mol. The molecule has 1 rings (SSSR count). The average Bonchev–Trinajstić information content (AvgIpc) is 2.16. The minimum atomic E-state index is -4.45. The second kappa shape index (κ2) is 6.28. The lowest BCUT2D eigenvalue weighted by Crippen LogP contribution is -2.17. The third kappa shape index (κ3) is 4.22. The van der Waals surface area contributed by atoms with Crippen LogP contribution < -0.4 is 5.73 Å². The van der Waals surface area contributed by atoms with E-state index in [-0.39, 0.29) is 29.4 Å². The number of hydrogen-bond acceptors (Lipinski definition) is 1. The van der Waals surface area contributed by atoms with E-state index in [1.54, 1.807) is 0 Å². The topological polar surface area (TPSA) is 26.0 Å². The maximum atomic E-state index is 12.7. The first-order chi connectivity index (χ1) is 7.36. The van der Waals surface area contributed by atoms with Crippen LogP contribution >= 0.6 is 24.0 Å². The highest BCUT2D eigenvalue weighted by Crippen LogP contribution is 2.36. The van der Waals surface area contributed by atoms with Crippen molar-refractivity contribution in [1.29, 1.82) is 0 Å². The van der Waals surface area contributed by atoms with Gasteiger partial charge in [0.1, 0.15) is 0 Å². The predicted molar refractivity (Wildman–Crippen MR) is 65.4 cm³/mol. The molecule has 0 aromatic heterocycles. The van der Waals surface area contributed by atoms with Gasteiger partial charge in [0.2, 0.25) is 0 Å². The summed E-state index contributed by atoms with van der Waals surface area (Å²) in [5, 5.41) is 0.0434. The fourth-order valence-electron chi connectivity index (χ4n) is 1.40. The van der Waals surface area contributed by atoms with Crippen molar-refractivity contribution in [2.45, 2.75) is 18.6 Å². The number of nitrogens with two attached hydrogens (primary N) is 1. The zero-order valence-electron chi connectivity index (χ0n) is 8.80. The average molecular weight is 286 g/mol. The Hall–Kier alpha value is -0.710. The van der Waals surface area contributed by atoms with Gasteiger partial charge < -0.3 is 5.73 Å². The first-order valence-electron chi connectivity index (χ1n) is 4.59. The molecule has 0 radical (unpaired) electrons. The number of halogens is 5. The van der Waals surface area contributed by atoms with Crippen LogP contribution in [0.2, 0.25) is 5.02 Å². The highest BCUT2D eigenvalue weighted by Gasteiger charge is 2.34. The summed E-state index contributed by atoms with van der Waals surface area (Å²) in [7, 11) is 0. The molecule has 0 saturated heterocycles. The molecule has 0 saturated carbocycles. The van der Waals surface area contributed by atoms with Gasteiger partial charge in [-0.3, -0.25) is 0 Å². The fraction of sp³-hybridized carbons (Fsp3) is 0.273. The van der Waals surface area contributed by atoms with Crippen LogP contribution in [-0.4, -0.2) is 0 Å². The summed E-state index contributed by atoms with van der Waals surface area (Å²) in [5.41, 5.74) is 4.89. The van der Waals surface area contributed by atoms with E-state index in [1.807, 2.05) is 0 Å². The first kappa shape index (κ1) is 16.3. The number of rotatable bonds is 3. The third-order valence-electron chi connectivity index (χ3n) is 2.14. The van der Waals surface area contributed by atoms with Gasteiger partial charge in [0.25, 0.3) is 0 Å². The molecule has 1 aromatic carbocycles. The Balaban J connectivity index is 0.00000256. The van der Waals surface area contributed by atoms with Crippen LogP contribution in [0.4, 0.5) is 13.2 Å². The van der Waals surface area contributed by atoms with Crippen LogP contribution in [0.1, 0.15) is 23.6 Å². The van der Waals surface area contributed by atoms with Crippen molar-refractivity contribution in [3.63, 3.8) is 0 Å². The molecule has 96 valence electrons. The Morgan fingerprint density at radius 2 is 2.00 bits per heavy atom. The Morgan fingerprint density at radius 3 is 2.47 bits per heavy atom. The van der Waals surface area contributed by atoms with Crippen molar-refractivity contribution in [3.8, 4) is 0 Å². The Morgan fingerprint density at radius 1 is 1.41 bits per heavy atom. The van der Waals surface area contributed by atoms with Crippen molar-refractivity contribution >= 4 is 24.0 Å². The zero-order valence-corrected chi connectivity index (χ0v) is 10.4. The second-order valence-electron chi connectivity index (χ2n) is 3.36. The Bertz CT molecular complexity index is 391. The molecule has 0 amide bonds. The van der Waals surface area contributed by atoms with E-state index in [9.17, 15) is 13.2 Å². The molecule has 0 aliphatic carbocycles. The van der Waals surface area contributed by atoms with Gasteiger partial charge in [-0.2, -0.15) is 13.2 Å². The van der Waals surface area contributed by atoms with Gasteiger partial charge >= 0.3 is 6.18 Å². The molecule has 1 atom stereocenters. The molecule has 2 N–H and O–H groups in total. The smallest absolute Gasteiger partial charge is 0.324 e. The summed E-state index contributed by atoms with van der Waals surface area (Å²) >= 11 is 5.54. The number of alkyl halides is 3. The normalized spacial score (nSPS) is 12.8. The fourth-order valence-corrected chi connectivity index (χ4v) is 1.58. The van der Waals surface area contributed by atoms with Crippen molar-refractivity contribution in [3.05, 3.63) is 47.0 Å². The van der Waals surface area contributed by atoms with Gasteiger partial charge in [-0.25, -0.2) is 0 Å². The van der Waals surface area contributed by atoms with Crippen molar-refractivity contribution in [2.24, 2.45) is 5.73 Å². The van der Waals surface area contributed by atoms with Gasteiger partial charge in [-0.1, -0.05) is 23.7 Å². The van der Waals surface area contributed by atoms with Gasteiger partial charge in [0.15, 0.2) is 0 Å². The van der Waals surface area contributed by atoms with Gasteiger partial charge in [-0.05, 0) is 24.1 Å². The van der Waals surface area contributed by atoms with E-state index in [2.05, 4.69) is 6.58 Å². The third-order valence-corrected chi connectivity index (χ3v) is 2.38. The van der Waals surface area contributed by atoms with Crippen molar-refractivity contribution in [1.82, 2.24) is 0 Å². The second-order valence-corrected chi connectivity index (χ2v) is 3.80. The zero-order chi connectivity index (χ0) is 12.3. The standard InChI is InChI=1S/C11H11ClF3N.ClH/c1-2-3-10(16)8-5-4-7(12)6-9(8)11(13,14)15;/h2,4-6,10H,1,3,16H2;1H/t10-;/m0./s1. The van der Waals surface area contributed by atoms with E-state index < -0.39 is 17.8 Å². The lowest BCUT2D eigenvalue weighted by Gasteiger charge is -2.17. The SMILES string of the molecule is C=CC[C@H](N)c1ccc(Cl)cc1C(F)(F)F.Cl. The Labute approximate surface area is 109 Å². The van der Waals surface area contributed by atoms with Gasteiger partial charge in [-0.15, -0.1) is 19.0 Å². The largest absolute Gasteiger partial charge is 0.416 e. The summed E-state index contributed by atoms with van der Waals surface area (Å²) in [4.78, 5) is 0. The van der Waals surface area contributed by atoms with Crippen LogP contribution in [0.15, 0.2) is 30.9 Å². The molecule has 0 aliphatic heterocycles. The minimum Gasteiger partial charge on any atom is -0.324 e. The molecule has 6 heteroatoms. The van der Waals surface area contributed by atoms with E-state index in [0.717, 1.165) is 6.07 Å². The van der Waals surface area contributed by atoms with Gasteiger partial charge in [0.05, 0.1) is 5.56 Å². The first-order valence-corrected chi connectivity index (χ1v) is 4.97. The highest BCUT2D eigenvalue weighted by molar-refractivity contribution is 6.30. The maximum absolute atomic E-state index is 12.7. The van der Waals surface area contributed by atoms with Crippen LogP contribution in [0.25, 0.3) is 0 Å². The minimum absolute atomic E-state index is 0. The lowest BCUT2D eigenvalue weighted by atomic mass is 9.98. The molecule has 0 unspecified atom stereocenters. The number of hydrogen-bond donors (Lipinski definition) is 1. The van der Waals surface area contributed by atoms with E-state index in [1.165, 1.54) is 18.2 Å². The van der Waals surface area contributed by atoms with Crippen LogP contribution in [-0.2, 0) is 6.18 Å². The molecule has 0 fully saturated rings. The molecule has 0 heterocycles. The van der Waals surface area contributed by atoms with E-state index >= 15 is 0 Å². The molecule has 17 heavy (non-hydrogen) atoms. The number of benzene rings is 1. The maximum Gasteiger partial charge on any atom is 0.416 e. The van der Waals surface area contributed by atoms with E-state index in [4.69, 9.17) is 17.3 Å². The summed E-state index contributed by atoms with van der Waals surface area (Å²) in [5.74, 6) is 0. The van der Waals surface area contributed by atoms with Gasteiger partial charge in [0, 0.05) is 11.1 Å². The summed E-state index contributed by atoms with van der Waals surface area (Å²) < 4.78 is 38.1. The summed E-state index contributed by atoms with van der Waals surface area (Å²) in [6.45, 7) is 3.45. The quantitative estimate of drug-likeness (QED) is 0.821. The van der Waals surface area contributed by atoms with Crippen LogP contribution in [0.3, 0.4) is 0 Å². The van der Waals surface area contributed by atoms with Crippen molar-refractivity contribution in [2.75, 3.05) is 0 Å². The monoisotopic (exact) mass is 285 g/mol. The van der Waals surface area contributed by atoms with Crippen LogP contribution in [0.5, 0.6) is 0 Å². The Kier molecular flexibility index (Phi) is 6.02. The van der Waals surface area contributed by atoms with Crippen molar-refractivity contribution < 1.29 is 13.2 Å². The molecular formula is C11H12Cl2F3N. The summed E-state index contributed by atoms with van der Waals surface area (Å²) in [6, 6.07) is 2.88. The molecule has 1 aromatic rings. The van der Waals surface area contributed by atoms with E-state index in [0.29, 0.717) is 0 Å².